The predicted molar refractivity (Wildman–Crippen MR) is 76.2 cm³/mol. The SMILES string of the molecule is CC(C)(O)CCc1ccc(C(=O)NC2CCC2)cc1. The molecule has 1 saturated carbocycles. The number of aliphatic hydroxyl groups is 1. The first kappa shape index (κ1) is 14.1. The lowest BCUT2D eigenvalue weighted by Crippen LogP contribution is -2.39. The maximum Gasteiger partial charge on any atom is 0.251 e. The fourth-order valence-corrected chi connectivity index (χ4v) is 2.09. The van der Waals surface area contributed by atoms with Crippen LogP contribution in [0.25, 0.3) is 0 Å². The van der Waals surface area contributed by atoms with Crippen molar-refractivity contribution in [1.82, 2.24) is 5.32 Å². The van der Waals surface area contributed by atoms with Gasteiger partial charge in [0.05, 0.1) is 5.60 Å². The van der Waals surface area contributed by atoms with Crippen molar-refractivity contribution in [1.29, 1.82) is 0 Å². The number of nitrogens with one attached hydrogen (secondary N) is 1. The highest BCUT2D eigenvalue weighted by Crippen LogP contribution is 2.19. The second kappa shape index (κ2) is 5.74. The molecule has 1 aliphatic rings. The molecule has 0 heterocycles. The van der Waals surface area contributed by atoms with E-state index in [1.54, 1.807) is 0 Å². The summed E-state index contributed by atoms with van der Waals surface area (Å²) in [5, 5.41) is 12.7. The highest BCUT2D eigenvalue weighted by molar-refractivity contribution is 5.94. The zero-order valence-electron chi connectivity index (χ0n) is 11.8. The molecule has 1 aromatic rings. The van der Waals surface area contributed by atoms with Gasteiger partial charge in [-0.2, -0.15) is 0 Å². The number of carbonyl (C=O) groups is 1. The summed E-state index contributed by atoms with van der Waals surface area (Å²) < 4.78 is 0. The van der Waals surface area contributed by atoms with Crippen LogP contribution >= 0.6 is 0 Å². The van der Waals surface area contributed by atoms with Gasteiger partial charge >= 0.3 is 0 Å². The lowest BCUT2D eigenvalue weighted by molar-refractivity contribution is 0.0713. The van der Waals surface area contributed by atoms with Crippen molar-refractivity contribution < 1.29 is 9.90 Å². The molecule has 0 aliphatic heterocycles. The van der Waals surface area contributed by atoms with Crippen LogP contribution in [-0.2, 0) is 6.42 Å². The molecule has 0 spiro atoms. The summed E-state index contributed by atoms with van der Waals surface area (Å²) in [6.45, 7) is 3.63. The summed E-state index contributed by atoms with van der Waals surface area (Å²) >= 11 is 0. The van der Waals surface area contributed by atoms with Crippen molar-refractivity contribution >= 4 is 5.91 Å². The molecule has 0 bridgehead atoms. The zero-order chi connectivity index (χ0) is 13.9. The number of hydrogen-bond acceptors (Lipinski definition) is 2. The Kier molecular flexibility index (Phi) is 4.25. The van der Waals surface area contributed by atoms with Gasteiger partial charge in [0.15, 0.2) is 0 Å². The van der Waals surface area contributed by atoms with Crippen LogP contribution in [0.4, 0.5) is 0 Å². The third-order valence-electron chi connectivity index (χ3n) is 3.68. The van der Waals surface area contributed by atoms with Crippen molar-refractivity contribution in [3.63, 3.8) is 0 Å². The van der Waals surface area contributed by atoms with Gasteiger partial charge in [-0.15, -0.1) is 0 Å². The third-order valence-corrected chi connectivity index (χ3v) is 3.68. The fourth-order valence-electron chi connectivity index (χ4n) is 2.09. The molecule has 0 radical (unpaired) electrons. The number of rotatable bonds is 5. The van der Waals surface area contributed by atoms with Crippen molar-refractivity contribution in [3.05, 3.63) is 35.4 Å². The van der Waals surface area contributed by atoms with E-state index in [2.05, 4.69) is 5.32 Å². The van der Waals surface area contributed by atoms with Gasteiger partial charge in [0, 0.05) is 11.6 Å². The lowest BCUT2D eigenvalue weighted by atomic mass is 9.93. The van der Waals surface area contributed by atoms with Crippen molar-refractivity contribution in [2.24, 2.45) is 0 Å². The molecule has 0 atom stereocenters. The van der Waals surface area contributed by atoms with E-state index in [0.29, 0.717) is 6.04 Å². The second-order valence-electron chi connectivity index (χ2n) is 6.11. The minimum absolute atomic E-state index is 0.0266. The minimum Gasteiger partial charge on any atom is -0.390 e. The van der Waals surface area contributed by atoms with E-state index in [1.165, 1.54) is 6.42 Å². The van der Waals surface area contributed by atoms with Crippen molar-refractivity contribution in [2.45, 2.75) is 57.6 Å². The van der Waals surface area contributed by atoms with Gasteiger partial charge in [-0.25, -0.2) is 0 Å². The predicted octanol–water partition coefficient (Wildman–Crippen LogP) is 2.67. The van der Waals surface area contributed by atoms with Crippen LogP contribution in [0, 0.1) is 0 Å². The molecule has 19 heavy (non-hydrogen) atoms. The van der Waals surface area contributed by atoms with E-state index in [-0.39, 0.29) is 5.91 Å². The Bertz CT molecular complexity index is 427. The minimum atomic E-state index is -0.639. The fraction of sp³-hybridized carbons (Fsp3) is 0.562. The summed E-state index contributed by atoms with van der Waals surface area (Å²) in [7, 11) is 0. The molecule has 1 fully saturated rings. The molecular formula is C16H23NO2. The first-order valence-electron chi connectivity index (χ1n) is 7.06. The Labute approximate surface area is 115 Å². The van der Waals surface area contributed by atoms with Crippen LogP contribution in [-0.4, -0.2) is 22.7 Å². The van der Waals surface area contributed by atoms with E-state index in [0.717, 1.165) is 36.8 Å². The van der Waals surface area contributed by atoms with Gasteiger partial charge in [0.2, 0.25) is 0 Å². The van der Waals surface area contributed by atoms with Gasteiger partial charge in [0.25, 0.3) is 5.91 Å². The van der Waals surface area contributed by atoms with Gasteiger partial charge in [-0.3, -0.25) is 4.79 Å². The quantitative estimate of drug-likeness (QED) is 0.856. The van der Waals surface area contributed by atoms with Crippen LogP contribution in [0.3, 0.4) is 0 Å². The Balaban J connectivity index is 1.88. The number of aryl methyl sites for hydroxylation is 1. The van der Waals surface area contributed by atoms with Gasteiger partial charge in [0.1, 0.15) is 0 Å². The van der Waals surface area contributed by atoms with Crippen LogP contribution < -0.4 is 5.32 Å². The molecule has 0 aromatic heterocycles. The molecule has 0 saturated heterocycles. The largest absolute Gasteiger partial charge is 0.390 e. The zero-order valence-corrected chi connectivity index (χ0v) is 11.8. The Morgan fingerprint density at radius 2 is 1.95 bits per heavy atom. The Hall–Kier alpha value is -1.35. The highest BCUT2D eigenvalue weighted by atomic mass is 16.3. The molecular weight excluding hydrogens is 238 g/mol. The van der Waals surface area contributed by atoms with Crippen molar-refractivity contribution in [2.75, 3.05) is 0 Å². The molecule has 0 unspecified atom stereocenters. The second-order valence-corrected chi connectivity index (χ2v) is 6.11. The molecule has 3 heteroatoms. The summed E-state index contributed by atoms with van der Waals surface area (Å²) in [6.07, 6.45) is 4.99. The lowest BCUT2D eigenvalue weighted by Gasteiger charge is -2.26. The molecule has 2 rings (SSSR count). The van der Waals surface area contributed by atoms with Crippen LogP contribution in [0.5, 0.6) is 0 Å². The van der Waals surface area contributed by atoms with Gasteiger partial charge < -0.3 is 10.4 Å². The van der Waals surface area contributed by atoms with E-state index < -0.39 is 5.60 Å². The molecule has 3 nitrogen and oxygen atoms in total. The van der Waals surface area contributed by atoms with E-state index in [1.807, 2.05) is 38.1 Å². The first-order valence-corrected chi connectivity index (χ1v) is 7.06. The normalized spacial score (nSPS) is 15.9. The standard InChI is InChI=1S/C16H23NO2/c1-16(2,19)11-10-12-6-8-13(9-7-12)15(18)17-14-4-3-5-14/h6-9,14,19H,3-5,10-11H2,1-2H3,(H,17,18). The maximum absolute atomic E-state index is 11.9. The van der Waals surface area contributed by atoms with Crippen molar-refractivity contribution in [3.8, 4) is 0 Å². The van der Waals surface area contributed by atoms with E-state index >= 15 is 0 Å². The topological polar surface area (TPSA) is 49.3 Å². The first-order chi connectivity index (χ1) is 8.94. The Morgan fingerprint density at radius 1 is 1.32 bits per heavy atom. The number of benzene rings is 1. The van der Waals surface area contributed by atoms with Crippen LogP contribution in [0.2, 0.25) is 0 Å². The smallest absolute Gasteiger partial charge is 0.251 e. The molecule has 1 amide bonds. The summed E-state index contributed by atoms with van der Waals surface area (Å²) in [6, 6.07) is 8.06. The van der Waals surface area contributed by atoms with Crippen LogP contribution in [0.15, 0.2) is 24.3 Å². The molecule has 1 aromatic carbocycles. The highest BCUT2D eigenvalue weighted by Gasteiger charge is 2.20. The number of carbonyl (C=O) groups excluding carboxylic acids is 1. The third kappa shape index (κ3) is 4.35. The van der Waals surface area contributed by atoms with Crippen LogP contribution in [0.1, 0.15) is 55.5 Å². The summed E-state index contributed by atoms with van der Waals surface area (Å²) in [4.78, 5) is 11.9. The molecule has 1 aliphatic carbocycles. The monoisotopic (exact) mass is 261 g/mol. The number of amides is 1. The molecule has 104 valence electrons. The number of hydrogen-bond donors (Lipinski definition) is 2. The average molecular weight is 261 g/mol. The van der Waals surface area contributed by atoms with E-state index in [9.17, 15) is 9.90 Å². The average Bonchev–Trinajstić information content (AvgIpc) is 2.31. The van der Waals surface area contributed by atoms with Gasteiger partial charge in [-0.1, -0.05) is 12.1 Å². The summed E-state index contributed by atoms with van der Waals surface area (Å²) in [5.41, 5.74) is 1.24. The molecule has 2 N–H and O–H groups in total. The Morgan fingerprint density at radius 3 is 2.42 bits per heavy atom. The van der Waals surface area contributed by atoms with E-state index in [4.69, 9.17) is 0 Å². The summed E-state index contributed by atoms with van der Waals surface area (Å²) in [5.74, 6) is 0.0266. The van der Waals surface area contributed by atoms with Gasteiger partial charge in [-0.05, 0) is 63.6 Å². The maximum atomic E-state index is 11.9.